The molecule has 0 spiro atoms. The molecule has 4 rings (SSSR count). The van der Waals surface area contributed by atoms with Gasteiger partial charge in [-0.3, -0.25) is 4.79 Å². The maximum Gasteiger partial charge on any atom is 0.252 e. The van der Waals surface area contributed by atoms with E-state index in [4.69, 9.17) is 9.26 Å². The van der Waals surface area contributed by atoms with Crippen molar-refractivity contribution in [2.24, 2.45) is 5.92 Å². The molecule has 1 unspecified atom stereocenters. The largest absolute Gasteiger partial charge is 0.367 e. The molecule has 1 saturated carbocycles. The van der Waals surface area contributed by atoms with Crippen molar-refractivity contribution in [2.75, 3.05) is 13.1 Å². The molecule has 2 aromatic rings. The van der Waals surface area contributed by atoms with Gasteiger partial charge < -0.3 is 14.2 Å². The van der Waals surface area contributed by atoms with E-state index < -0.39 is 0 Å². The van der Waals surface area contributed by atoms with Gasteiger partial charge in [-0.25, -0.2) is 0 Å². The zero-order valence-corrected chi connectivity index (χ0v) is 13.6. The molecule has 1 saturated heterocycles. The molecule has 1 atom stereocenters. The van der Waals surface area contributed by atoms with E-state index in [2.05, 4.69) is 10.1 Å². The second-order valence-corrected chi connectivity index (χ2v) is 6.57. The van der Waals surface area contributed by atoms with Crippen LogP contribution in [-0.2, 0) is 22.7 Å². The van der Waals surface area contributed by atoms with Crippen molar-refractivity contribution in [3.05, 3.63) is 47.6 Å². The van der Waals surface area contributed by atoms with Gasteiger partial charge in [0.2, 0.25) is 5.91 Å². The third-order valence-electron chi connectivity index (χ3n) is 4.61. The first-order chi connectivity index (χ1) is 11.8. The van der Waals surface area contributed by atoms with E-state index in [0.717, 1.165) is 31.4 Å². The highest BCUT2D eigenvalue weighted by molar-refractivity contribution is 5.81. The fraction of sp³-hybridized carbons (Fsp3) is 0.500. The van der Waals surface area contributed by atoms with Gasteiger partial charge in [0.1, 0.15) is 6.61 Å². The summed E-state index contributed by atoms with van der Waals surface area (Å²) in [4.78, 5) is 18.5. The lowest BCUT2D eigenvalue weighted by atomic mass is 10.1. The summed E-state index contributed by atoms with van der Waals surface area (Å²) in [5, 5.41) is 4.07. The van der Waals surface area contributed by atoms with Gasteiger partial charge in [0.25, 0.3) is 5.89 Å². The van der Waals surface area contributed by atoms with Gasteiger partial charge >= 0.3 is 0 Å². The summed E-state index contributed by atoms with van der Waals surface area (Å²) in [5.41, 5.74) is 1.11. The first-order valence-electron chi connectivity index (χ1n) is 8.52. The lowest BCUT2D eigenvalue weighted by Crippen LogP contribution is -2.29. The summed E-state index contributed by atoms with van der Waals surface area (Å²) >= 11 is 0. The number of carbonyl (C=O) groups excluding carboxylic acids is 1. The van der Waals surface area contributed by atoms with E-state index in [1.54, 1.807) is 0 Å². The summed E-state index contributed by atoms with van der Waals surface area (Å²) in [6, 6.07) is 9.98. The van der Waals surface area contributed by atoms with E-state index in [9.17, 15) is 4.79 Å². The number of aromatic nitrogens is 2. The second-order valence-electron chi connectivity index (χ2n) is 6.57. The van der Waals surface area contributed by atoms with Crippen molar-refractivity contribution in [3.63, 3.8) is 0 Å². The highest BCUT2D eigenvalue weighted by Gasteiger charge is 2.37. The van der Waals surface area contributed by atoms with Crippen LogP contribution in [0.1, 0.15) is 42.5 Å². The zero-order valence-electron chi connectivity index (χ0n) is 13.6. The van der Waals surface area contributed by atoms with Gasteiger partial charge in [-0.1, -0.05) is 35.5 Å². The van der Waals surface area contributed by atoms with Gasteiger partial charge in [-0.05, 0) is 24.8 Å². The van der Waals surface area contributed by atoms with Crippen molar-refractivity contribution in [1.82, 2.24) is 15.0 Å². The maximum atomic E-state index is 12.1. The number of ether oxygens (including phenoxy) is 1. The Balaban J connectivity index is 1.28. The Bertz CT molecular complexity index is 697. The standard InChI is InChI=1S/C18H21N3O3/c22-18(14-6-7-14)21-9-8-15(10-21)17-19-16(24-20-17)12-23-11-13-4-2-1-3-5-13/h1-5,14-15H,6-12H2. The van der Waals surface area contributed by atoms with Gasteiger partial charge in [0.15, 0.2) is 5.82 Å². The lowest BCUT2D eigenvalue weighted by molar-refractivity contribution is -0.131. The quantitative estimate of drug-likeness (QED) is 0.815. The Labute approximate surface area is 140 Å². The molecule has 6 heteroatoms. The SMILES string of the molecule is O=C(C1CC1)N1CCC(c2noc(COCc3ccccc3)n2)C1. The molecule has 126 valence electrons. The van der Waals surface area contributed by atoms with Crippen LogP contribution in [0.25, 0.3) is 0 Å². The zero-order chi connectivity index (χ0) is 16.4. The van der Waals surface area contributed by atoms with Crippen LogP contribution >= 0.6 is 0 Å². The van der Waals surface area contributed by atoms with Gasteiger partial charge in [-0.2, -0.15) is 4.98 Å². The molecule has 2 aliphatic rings. The topological polar surface area (TPSA) is 68.5 Å². The smallest absolute Gasteiger partial charge is 0.252 e. The van der Waals surface area contributed by atoms with E-state index in [1.807, 2.05) is 35.2 Å². The van der Waals surface area contributed by atoms with Crippen molar-refractivity contribution in [3.8, 4) is 0 Å². The van der Waals surface area contributed by atoms with Crippen LogP contribution in [0.15, 0.2) is 34.9 Å². The average Bonchev–Trinajstić information content (AvgIpc) is 3.15. The predicted molar refractivity (Wildman–Crippen MR) is 85.9 cm³/mol. The molecule has 2 heterocycles. The predicted octanol–water partition coefficient (Wildman–Crippen LogP) is 2.51. The molecular weight excluding hydrogens is 306 g/mol. The first kappa shape index (κ1) is 15.3. The number of nitrogens with zero attached hydrogens (tertiary/aromatic N) is 3. The fourth-order valence-corrected chi connectivity index (χ4v) is 3.08. The van der Waals surface area contributed by atoms with Gasteiger partial charge in [0.05, 0.1) is 6.61 Å². The molecule has 0 bridgehead atoms. The van der Waals surface area contributed by atoms with Crippen LogP contribution in [0.5, 0.6) is 0 Å². The Morgan fingerprint density at radius 3 is 2.83 bits per heavy atom. The molecule has 24 heavy (non-hydrogen) atoms. The minimum Gasteiger partial charge on any atom is -0.367 e. The second kappa shape index (κ2) is 6.73. The van der Waals surface area contributed by atoms with Crippen LogP contribution in [0.4, 0.5) is 0 Å². The van der Waals surface area contributed by atoms with Crippen LogP contribution in [0, 0.1) is 5.92 Å². The number of amides is 1. The molecule has 0 N–H and O–H groups in total. The third-order valence-corrected chi connectivity index (χ3v) is 4.61. The van der Waals surface area contributed by atoms with E-state index in [0.29, 0.717) is 37.4 Å². The number of rotatable bonds is 6. The Hall–Kier alpha value is -2.21. The summed E-state index contributed by atoms with van der Waals surface area (Å²) < 4.78 is 10.9. The number of likely N-dealkylation sites (tertiary alicyclic amines) is 1. The van der Waals surface area contributed by atoms with E-state index >= 15 is 0 Å². The summed E-state index contributed by atoms with van der Waals surface area (Å²) in [6.07, 6.45) is 3.00. The van der Waals surface area contributed by atoms with E-state index in [1.165, 1.54) is 0 Å². The van der Waals surface area contributed by atoms with Crippen molar-refractivity contribution < 1.29 is 14.1 Å². The van der Waals surface area contributed by atoms with Crippen LogP contribution in [0.3, 0.4) is 0 Å². The molecule has 2 fully saturated rings. The average molecular weight is 327 g/mol. The number of hydrogen-bond donors (Lipinski definition) is 0. The minimum absolute atomic E-state index is 0.180. The normalized spacial score (nSPS) is 20.5. The highest BCUT2D eigenvalue weighted by atomic mass is 16.5. The highest BCUT2D eigenvalue weighted by Crippen LogP contribution is 2.34. The molecule has 1 aliphatic carbocycles. The Morgan fingerprint density at radius 1 is 1.21 bits per heavy atom. The van der Waals surface area contributed by atoms with Crippen molar-refractivity contribution >= 4 is 5.91 Å². The van der Waals surface area contributed by atoms with Crippen LogP contribution < -0.4 is 0 Å². The Morgan fingerprint density at radius 2 is 2.04 bits per heavy atom. The molecule has 0 radical (unpaired) electrons. The van der Waals surface area contributed by atoms with Gasteiger partial charge in [-0.15, -0.1) is 0 Å². The summed E-state index contributed by atoms with van der Waals surface area (Å²) in [7, 11) is 0. The number of benzene rings is 1. The van der Waals surface area contributed by atoms with Crippen LogP contribution in [-0.4, -0.2) is 34.0 Å². The molecule has 1 aromatic heterocycles. The van der Waals surface area contributed by atoms with Gasteiger partial charge in [0, 0.05) is 24.9 Å². The molecular formula is C18H21N3O3. The summed E-state index contributed by atoms with van der Waals surface area (Å²) in [5.74, 6) is 1.94. The fourth-order valence-electron chi connectivity index (χ4n) is 3.08. The molecule has 1 aromatic carbocycles. The molecule has 1 aliphatic heterocycles. The minimum atomic E-state index is 0.180. The monoisotopic (exact) mass is 327 g/mol. The van der Waals surface area contributed by atoms with E-state index in [-0.39, 0.29) is 11.8 Å². The molecule has 1 amide bonds. The summed E-state index contributed by atoms with van der Waals surface area (Å²) in [6.45, 7) is 2.33. The Kier molecular flexibility index (Phi) is 4.30. The van der Waals surface area contributed by atoms with Crippen LogP contribution in [0.2, 0.25) is 0 Å². The third kappa shape index (κ3) is 3.48. The lowest BCUT2D eigenvalue weighted by Gasteiger charge is -2.14. The number of carbonyl (C=O) groups is 1. The van der Waals surface area contributed by atoms with Crippen molar-refractivity contribution in [1.29, 1.82) is 0 Å². The number of hydrogen-bond acceptors (Lipinski definition) is 5. The first-order valence-corrected chi connectivity index (χ1v) is 8.52. The molecule has 6 nitrogen and oxygen atoms in total. The van der Waals surface area contributed by atoms with Crippen molar-refractivity contribution in [2.45, 2.75) is 38.4 Å². The maximum absolute atomic E-state index is 12.1.